The molecule has 1 aromatic carbocycles. The monoisotopic (exact) mass is 212 g/mol. The lowest BCUT2D eigenvalue weighted by Crippen LogP contribution is -1.93. The van der Waals surface area contributed by atoms with Gasteiger partial charge in [0.2, 0.25) is 5.95 Å². The fourth-order valence-electron chi connectivity index (χ4n) is 1.58. The maximum atomic E-state index is 13.0. The molecule has 2 aromatic rings. The molecule has 0 N–H and O–H groups in total. The second-order valence-electron chi connectivity index (χ2n) is 3.37. The van der Waals surface area contributed by atoms with Crippen LogP contribution in [0.2, 0.25) is 0 Å². The molecule has 78 valence electrons. The second kappa shape index (κ2) is 4.54. The van der Waals surface area contributed by atoms with Crippen molar-refractivity contribution < 1.29 is 4.39 Å². The number of rotatable bonds is 2. The van der Waals surface area contributed by atoms with Crippen molar-refractivity contribution >= 4 is 0 Å². The van der Waals surface area contributed by atoms with E-state index in [1.54, 1.807) is 0 Å². The van der Waals surface area contributed by atoms with E-state index in [4.69, 9.17) is 5.26 Å². The van der Waals surface area contributed by atoms with Gasteiger partial charge in [-0.2, -0.15) is 9.65 Å². The summed E-state index contributed by atoms with van der Waals surface area (Å²) in [4.78, 5) is 3.62. The van der Waals surface area contributed by atoms with Crippen molar-refractivity contribution in [3.8, 4) is 17.2 Å². The molecule has 0 atom stereocenters. The van der Waals surface area contributed by atoms with Crippen LogP contribution in [0.15, 0.2) is 42.6 Å². The molecule has 0 amide bonds. The first-order valence-electron chi connectivity index (χ1n) is 4.88. The van der Waals surface area contributed by atoms with Gasteiger partial charge in [0.25, 0.3) is 0 Å². The van der Waals surface area contributed by atoms with Crippen molar-refractivity contribution in [2.45, 2.75) is 6.42 Å². The van der Waals surface area contributed by atoms with Crippen LogP contribution in [0.1, 0.15) is 5.56 Å². The average molecular weight is 212 g/mol. The minimum absolute atomic E-state index is 0.184. The molecule has 2 nitrogen and oxygen atoms in total. The smallest absolute Gasteiger partial charge is 0.213 e. The summed E-state index contributed by atoms with van der Waals surface area (Å²) in [6, 6.07) is 12.9. The zero-order valence-electron chi connectivity index (χ0n) is 8.52. The molecule has 0 aliphatic rings. The molecule has 0 unspecified atom stereocenters. The fraction of sp³-hybridized carbons (Fsp3) is 0.0769. The summed E-state index contributed by atoms with van der Waals surface area (Å²) in [5.74, 6) is -0.551. The Bertz CT molecular complexity index is 529. The molecular weight excluding hydrogens is 203 g/mol. The van der Waals surface area contributed by atoms with Crippen LogP contribution >= 0.6 is 0 Å². The van der Waals surface area contributed by atoms with E-state index in [1.807, 2.05) is 36.4 Å². The predicted octanol–water partition coefficient (Wildman–Crippen LogP) is 2.95. The van der Waals surface area contributed by atoms with Crippen LogP contribution in [0.4, 0.5) is 4.39 Å². The molecule has 0 saturated heterocycles. The molecule has 0 saturated carbocycles. The van der Waals surface area contributed by atoms with Crippen LogP contribution in [-0.2, 0) is 6.42 Å². The Labute approximate surface area is 93.0 Å². The number of aromatic nitrogens is 1. The second-order valence-corrected chi connectivity index (χ2v) is 3.37. The van der Waals surface area contributed by atoms with Crippen LogP contribution < -0.4 is 0 Å². The Balaban J connectivity index is 2.53. The highest BCUT2D eigenvalue weighted by Crippen LogP contribution is 2.23. The average Bonchev–Trinajstić information content (AvgIpc) is 2.31. The maximum Gasteiger partial charge on any atom is 0.213 e. The largest absolute Gasteiger partial charge is 0.228 e. The minimum atomic E-state index is -0.551. The summed E-state index contributed by atoms with van der Waals surface area (Å²) in [6.07, 6.45) is 1.65. The van der Waals surface area contributed by atoms with E-state index in [-0.39, 0.29) is 6.42 Å². The normalized spacial score (nSPS) is 9.75. The lowest BCUT2D eigenvalue weighted by atomic mass is 10.0. The topological polar surface area (TPSA) is 36.7 Å². The quantitative estimate of drug-likeness (QED) is 0.717. The molecule has 0 bridgehead atoms. The summed E-state index contributed by atoms with van der Waals surface area (Å²) in [5.41, 5.74) is 2.42. The van der Waals surface area contributed by atoms with Gasteiger partial charge in [0.1, 0.15) is 0 Å². The van der Waals surface area contributed by atoms with Gasteiger partial charge in [0, 0.05) is 11.8 Å². The standard InChI is InChI=1S/C13H9FN2/c14-13-8-11(6-7-15)12(9-16-13)10-4-2-1-3-5-10/h1-5,8-9H,6H2. The summed E-state index contributed by atoms with van der Waals surface area (Å²) in [6.45, 7) is 0. The molecule has 0 aliphatic heterocycles. The summed E-state index contributed by atoms with van der Waals surface area (Å²) < 4.78 is 13.0. The lowest BCUT2D eigenvalue weighted by molar-refractivity contribution is 0.582. The minimum Gasteiger partial charge on any atom is -0.228 e. The van der Waals surface area contributed by atoms with E-state index < -0.39 is 5.95 Å². The SMILES string of the molecule is N#CCc1cc(F)ncc1-c1ccccc1. The van der Waals surface area contributed by atoms with Crippen molar-refractivity contribution in [3.63, 3.8) is 0 Å². The molecule has 0 fully saturated rings. The van der Waals surface area contributed by atoms with Gasteiger partial charge in [-0.15, -0.1) is 0 Å². The lowest BCUT2D eigenvalue weighted by Gasteiger charge is -2.06. The van der Waals surface area contributed by atoms with Gasteiger partial charge in [0.05, 0.1) is 12.5 Å². The van der Waals surface area contributed by atoms with Gasteiger partial charge >= 0.3 is 0 Å². The summed E-state index contributed by atoms with van der Waals surface area (Å²) in [5, 5.41) is 8.69. The molecule has 3 heteroatoms. The van der Waals surface area contributed by atoms with Crippen LogP contribution in [0.5, 0.6) is 0 Å². The van der Waals surface area contributed by atoms with Crippen LogP contribution in [0, 0.1) is 17.3 Å². The number of pyridine rings is 1. The van der Waals surface area contributed by atoms with Crippen LogP contribution in [0.25, 0.3) is 11.1 Å². The van der Waals surface area contributed by atoms with Crippen LogP contribution in [-0.4, -0.2) is 4.98 Å². The third-order valence-corrected chi connectivity index (χ3v) is 2.31. The summed E-state index contributed by atoms with van der Waals surface area (Å²) in [7, 11) is 0. The van der Waals surface area contributed by atoms with Crippen LogP contribution in [0.3, 0.4) is 0 Å². The number of nitriles is 1. The molecule has 16 heavy (non-hydrogen) atoms. The highest BCUT2D eigenvalue weighted by atomic mass is 19.1. The highest BCUT2D eigenvalue weighted by molar-refractivity contribution is 5.66. The Morgan fingerprint density at radius 1 is 1.25 bits per heavy atom. The van der Waals surface area contributed by atoms with Gasteiger partial charge < -0.3 is 0 Å². The first-order chi connectivity index (χ1) is 7.81. The molecule has 2 rings (SSSR count). The maximum absolute atomic E-state index is 13.0. The molecule has 0 radical (unpaired) electrons. The third kappa shape index (κ3) is 2.06. The molecule has 0 aliphatic carbocycles. The Kier molecular flexibility index (Phi) is 2.93. The van der Waals surface area contributed by atoms with Crippen molar-refractivity contribution in [2.75, 3.05) is 0 Å². The van der Waals surface area contributed by atoms with E-state index in [9.17, 15) is 4.39 Å². The zero-order chi connectivity index (χ0) is 11.4. The van der Waals surface area contributed by atoms with Crippen molar-refractivity contribution in [1.82, 2.24) is 4.98 Å². The van der Waals surface area contributed by atoms with Crippen molar-refractivity contribution in [2.24, 2.45) is 0 Å². The Hall–Kier alpha value is -2.21. The van der Waals surface area contributed by atoms with Crippen molar-refractivity contribution in [1.29, 1.82) is 5.26 Å². The Morgan fingerprint density at radius 2 is 2.00 bits per heavy atom. The fourth-order valence-corrected chi connectivity index (χ4v) is 1.58. The van der Waals surface area contributed by atoms with E-state index in [1.165, 1.54) is 12.3 Å². The van der Waals surface area contributed by atoms with E-state index >= 15 is 0 Å². The van der Waals surface area contributed by atoms with E-state index in [0.29, 0.717) is 5.56 Å². The van der Waals surface area contributed by atoms with E-state index in [2.05, 4.69) is 4.98 Å². The number of nitrogens with zero attached hydrogens (tertiary/aromatic N) is 2. The number of benzene rings is 1. The summed E-state index contributed by atoms with van der Waals surface area (Å²) >= 11 is 0. The first kappa shape index (κ1) is 10.3. The highest BCUT2D eigenvalue weighted by Gasteiger charge is 2.06. The van der Waals surface area contributed by atoms with Gasteiger partial charge in [-0.05, 0) is 17.2 Å². The zero-order valence-corrected chi connectivity index (χ0v) is 8.52. The van der Waals surface area contributed by atoms with Crippen molar-refractivity contribution in [3.05, 3.63) is 54.1 Å². The molecular formula is C13H9FN2. The Morgan fingerprint density at radius 3 is 2.69 bits per heavy atom. The van der Waals surface area contributed by atoms with Gasteiger partial charge in [-0.25, -0.2) is 4.98 Å². The number of hydrogen-bond acceptors (Lipinski definition) is 2. The number of halogens is 1. The predicted molar refractivity (Wildman–Crippen MR) is 58.9 cm³/mol. The molecule has 1 aromatic heterocycles. The van der Waals surface area contributed by atoms with E-state index in [0.717, 1.165) is 11.1 Å². The first-order valence-corrected chi connectivity index (χ1v) is 4.88. The molecule has 1 heterocycles. The van der Waals surface area contributed by atoms with Gasteiger partial charge in [-0.3, -0.25) is 0 Å². The molecule has 0 spiro atoms. The number of hydrogen-bond donors (Lipinski definition) is 0. The third-order valence-electron chi connectivity index (χ3n) is 2.31. The van der Waals surface area contributed by atoms with Gasteiger partial charge in [0.15, 0.2) is 0 Å². The van der Waals surface area contributed by atoms with Gasteiger partial charge in [-0.1, -0.05) is 30.3 Å².